The second-order valence-electron chi connectivity index (χ2n) is 3.72. The van der Waals surface area contributed by atoms with Gasteiger partial charge in [-0.25, -0.2) is 27.0 Å². The molecule has 0 saturated carbocycles. The molecular weight excluding hydrogens is 266 g/mol. The molecule has 1 aromatic heterocycles. The smallest absolute Gasteiger partial charge is 0.257 e. The molecule has 0 radical (unpaired) electrons. The van der Waals surface area contributed by atoms with Crippen molar-refractivity contribution < 1.29 is 16.8 Å². The van der Waals surface area contributed by atoms with E-state index < -0.39 is 19.9 Å². The van der Waals surface area contributed by atoms with Gasteiger partial charge in [0.1, 0.15) is 15.7 Å². The summed E-state index contributed by atoms with van der Waals surface area (Å²) in [5.74, 6) is 0.429. The molecular formula is C8H15N3O4S2. The second kappa shape index (κ2) is 4.75. The van der Waals surface area contributed by atoms with E-state index in [1.807, 2.05) is 0 Å². The summed E-state index contributed by atoms with van der Waals surface area (Å²) < 4.78 is 45.8. The number of hydrogen-bond donors (Lipinski definition) is 1. The monoisotopic (exact) mass is 281 g/mol. The summed E-state index contributed by atoms with van der Waals surface area (Å²) in [5, 5.41) is 4.72. The fourth-order valence-corrected chi connectivity index (χ4v) is 2.34. The SMILES string of the molecule is CCc1nc(S(N)(=O)=O)cn1CCS(C)(=O)=O. The highest BCUT2D eigenvalue weighted by Crippen LogP contribution is 2.09. The van der Waals surface area contributed by atoms with Crippen molar-refractivity contribution in [2.75, 3.05) is 12.0 Å². The summed E-state index contributed by atoms with van der Waals surface area (Å²) in [6, 6.07) is 0. The molecule has 0 amide bonds. The summed E-state index contributed by atoms with van der Waals surface area (Å²) in [5.41, 5.74) is 0. The molecule has 0 fully saturated rings. The Hall–Kier alpha value is -0.930. The molecule has 0 atom stereocenters. The first-order valence-electron chi connectivity index (χ1n) is 4.90. The van der Waals surface area contributed by atoms with E-state index in [0.717, 1.165) is 6.26 Å². The van der Waals surface area contributed by atoms with Crippen LogP contribution in [-0.4, -0.2) is 38.4 Å². The molecule has 1 aromatic rings. The van der Waals surface area contributed by atoms with Crippen LogP contribution in [0.15, 0.2) is 11.2 Å². The van der Waals surface area contributed by atoms with E-state index in [4.69, 9.17) is 5.14 Å². The lowest BCUT2D eigenvalue weighted by atomic mass is 10.4. The number of aromatic nitrogens is 2. The number of sulfonamides is 1. The predicted octanol–water partition coefficient (Wildman–Crippen LogP) is -0.862. The first-order chi connectivity index (χ1) is 7.63. The molecule has 0 spiro atoms. The third-order valence-electron chi connectivity index (χ3n) is 2.15. The lowest BCUT2D eigenvalue weighted by Gasteiger charge is -2.04. The molecule has 7 nitrogen and oxygen atoms in total. The van der Waals surface area contributed by atoms with Gasteiger partial charge in [0, 0.05) is 25.4 Å². The van der Waals surface area contributed by atoms with Crippen molar-refractivity contribution in [2.24, 2.45) is 5.14 Å². The third-order valence-corrected chi connectivity index (χ3v) is 3.85. The number of imidazole rings is 1. The Morgan fingerprint density at radius 1 is 1.35 bits per heavy atom. The normalized spacial score (nSPS) is 12.9. The molecule has 17 heavy (non-hydrogen) atoms. The van der Waals surface area contributed by atoms with Gasteiger partial charge < -0.3 is 4.57 Å². The maximum Gasteiger partial charge on any atom is 0.257 e. The Morgan fingerprint density at radius 3 is 2.35 bits per heavy atom. The molecule has 0 aliphatic heterocycles. The standard InChI is InChI=1S/C8H15N3O4S2/c1-3-7-10-8(17(9,14)15)6-11(7)4-5-16(2,12)13/h6H,3-5H2,1-2H3,(H2,9,14,15). The van der Waals surface area contributed by atoms with Crippen LogP contribution in [0.4, 0.5) is 0 Å². The van der Waals surface area contributed by atoms with Crippen molar-refractivity contribution in [1.82, 2.24) is 9.55 Å². The molecule has 0 aromatic carbocycles. The van der Waals surface area contributed by atoms with Crippen molar-refractivity contribution in [1.29, 1.82) is 0 Å². The Balaban J connectivity index is 3.04. The highest BCUT2D eigenvalue weighted by molar-refractivity contribution is 7.90. The molecule has 98 valence electrons. The van der Waals surface area contributed by atoms with Gasteiger partial charge in [0.15, 0.2) is 5.03 Å². The molecule has 0 saturated heterocycles. The van der Waals surface area contributed by atoms with E-state index in [2.05, 4.69) is 4.98 Å². The van der Waals surface area contributed by atoms with Crippen molar-refractivity contribution in [3.05, 3.63) is 12.0 Å². The Morgan fingerprint density at radius 2 is 1.94 bits per heavy atom. The van der Waals surface area contributed by atoms with Crippen molar-refractivity contribution in [3.63, 3.8) is 0 Å². The highest BCUT2D eigenvalue weighted by Gasteiger charge is 2.16. The maximum absolute atomic E-state index is 11.1. The second-order valence-corrected chi connectivity index (χ2v) is 7.49. The van der Waals surface area contributed by atoms with Gasteiger partial charge in [-0.05, 0) is 0 Å². The predicted molar refractivity (Wildman–Crippen MR) is 62.7 cm³/mol. The molecule has 1 rings (SSSR count). The first kappa shape index (κ1) is 14.1. The zero-order valence-electron chi connectivity index (χ0n) is 9.62. The van der Waals surface area contributed by atoms with E-state index in [1.165, 1.54) is 10.8 Å². The summed E-state index contributed by atoms with van der Waals surface area (Å²) in [4.78, 5) is 3.86. The molecule has 1 heterocycles. The number of sulfone groups is 1. The largest absolute Gasteiger partial charge is 0.332 e. The highest BCUT2D eigenvalue weighted by atomic mass is 32.2. The van der Waals surface area contributed by atoms with Gasteiger partial charge in [-0.2, -0.15) is 0 Å². The minimum Gasteiger partial charge on any atom is -0.332 e. The molecule has 0 bridgehead atoms. The van der Waals surface area contributed by atoms with E-state index in [0.29, 0.717) is 12.2 Å². The van der Waals surface area contributed by atoms with Gasteiger partial charge >= 0.3 is 0 Å². The minimum atomic E-state index is -3.85. The first-order valence-corrected chi connectivity index (χ1v) is 8.50. The summed E-state index contributed by atoms with van der Waals surface area (Å²) >= 11 is 0. The number of hydrogen-bond acceptors (Lipinski definition) is 5. The van der Waals surface area contributed by atoms with Crippen LogP contribution in [0.1, 0.15) is 12.7 Å². The summed E-state index contributed by atoms with van der Waals surface area (Å²) in [6.45, 7) is 1.97. The van der Waals surface area contributed by atoms with Crippen molar-refractivity contribution >= 4 is 19.9 Å². The van der Waals surface area contributed by atoms with Gasteiger partial charge in [-0.15, -0.1) is 0 Å². The zero-order chi connectivity index (χ0) is 13.3. The molecule has 2 N–H and O–H groups in total. The van der Waals surface area contributed by atoms with Crippen molar-refractivity contribution in [2.45, 2.75) is 24.9 Å². The summed E-state index contributed by atoms with van der Waals surface area (Å²) in [7, 11) is -6.95. The number of rotatable bonds is 5. The fraction of sp³-hybridized carbons (Fsp3) is 0.625. The summed E-state index contributed by atoms with van der Waals surface area (Å²) in [6.07, 6.45) is 2.88. The van der Waals surface area contributed by atoms with Gasteiger partial charge in [-0.3, -0.25) is 0 Å². The Kier molecular flexibility index (Phi) is 3.95. The van der Waals surface area contributed by atoms with Crippen LogP contribution in [0.25, 0.3) is 0 Å². The van der Waals surface area contributed by atoms with Crippen LogP contribution < -0.4 is 5.14 Å². The Bertz CT molecular complexity index is 601. The lowest BCUT2D eigenvalue weighted by Crippen LogP contribution is -2.13. The van der Waals surface area contributed by atoms with E-state index >= 15 is 0 Å². The number of primary sulfonamides is 1. The van der Waals surface area contributed by atoms with Crippen LogP contribution in [0.2, 0.25) is 0 Å². The van der Waals surface area contributed by atoms with Gasteiger partial charge in [0.05, 0.1) is 5.75 Å². The average molecular weight is 281 g/mol. The topological polar surface area (TPSA) is 112 Å². The van der Waals surface area contributed by atoms with Crippen LogP contribution >= 0.6 is 0 Å². The molecule has 9 heteroatoms. The third kappa shape index (κ3) is 4.10. The minimum absolute atomic E-state index is 0.0690. The quantitative estimate of drug-likeness (QED) is 0.754. The van der Waals surface area contributed by atoms with E-state index in [-0.39, 0.29) is 17.3 Å². The fourth-order valence-electron chi connectivity index (χ4n) is 1.31. The van der Waals surface area contributed by atoms with Crippen LogP contribution in [0, 0.1) is 0 Å². The molecule has 0 unspecified atom stereocenters. The number of aryl methyl sites for hydroxylation is 2. The van der Waals surface area contributed by atoms with Crippen LogP contribution in [0.5, 0.6) is 0 Å². The molecule has 0 aliphatic carbocycles. The number of nitrogens with zero attached hydrogens (tertiary/aromatic N) is 2. The van der Waals surface area contributed by atoms with Gasteiger partial charge in [-0.1, -0.05) is 6.92 Å². The Labute approximate surface area is 101 Å². The van der Waals surface area contributed by atoms with Crippen molar-refractivity contribution in [3.8, 4) is 0 Å². The maximum atomic E-state index is 11.1. The zero-order valence-corrected chi connectivity index (χ0v) is 11.3. The average Bonchev–Trinajstić information content (AvgIpc) is 2.55. The molecule has 0 aliphatic rings. The van der Waals surface area contributed by atoms with E-state index in [9.17, 15) is 16.8 Å². The lowest BCUT2D eigenvalue weighted by molar-refractivity contribution is 0.592. The van der Waals surface area contributed by atoms with E-state index in [1.54, 1.807) is 6.92 Å². The number of nitrogens with two attached hydrogens (primary N) is 1. The van der Waals surface area contributed by atoms with Gasteiger partial charge in [0.2, 0.25) is 0 Å². The van der Waals surface area contributed by atoms with Crippen LogP contribution in [0.3, 0.4) is 0 Å². The van der Waals surface area contributed by atoms with Gasteiger partial charge in [0.25, 0.3) is 10.0 Å². The van der Waals surface area contributed by atoms with Crippen LogP contribution in [-0.2, 0) is 32.8 Å².